The number of aliphatic hydroxyl groups excluding tert-OH is 1. The molecule has 3 rings (SSSR count). The number of aryl methyl sites for hydroxylation is 1. The van der Waals surface area contributed by atoms with Crippen LogP contribution in [-0.2, 0) is 19.3 Å². The van der Waals surface area contributed by atoms with E-state index in [0.717, 1.165) is 17.2 Å². The van der Waals surface area contributed by atoms with Crippen LogP contribution in [0.4, 0.5) is 13.2 Å². The molecule has 3 nitrogen and oxygen atoms in total. The lowest BCUT2D eigenvalue weighted by Gasteiger charge is -2.27. The molecule has 0 amide bonds. The first kappa shape index (κ1) is 22.8. The maximum atomic E-state index is 13.5. The molecule has 0 spiro atoms. The maximum absolute atomic E-state index is 13.5. The van der Waals surface area contributed by atoms with Crippen LogP contribution in [0.25, 0.3) is 0 Å². The van der Waals surface area contributed by atoms with Crippen molar-refractivity contribution in [2.45, 2.75) is 32.3 Å². The highest BCUT2D eigenvalue weighted by atomic mass is 19.4. The summed E-state index contributed by atoms with van der Waals surface area (Å²) in [5, 5.41) is 10.5. The second-order valence-corrected chi connectivity index (χ2v) is 7.53. The van der Waals surface area contributed by atoms with Gasteiger partial charge in [0.1, 0.15) is 18.5 Å². The van der Waals surface area contributed by atoms with Crippen molar-refractivity contribution < 1.29 is 23.0 Å². The normalized spacial score (nSPS) is 12.7. The van der Waals surface area contributed by atoms with E-state index >= 15 is 0 Å². The topological polar surface area (TPSA) is 32.7 Å². The Hall–Kier alpha value is -2.83. The van der Waals surface area contributed by atoms with Crippen LogP contribution < -0.4 is 4.74 Å². The van der Waals surface area contributed by atoms with Crippen LogP contribution in [0.1, 0.15) is 22.3 Å². The van der Waals surface area contributed by atoms with Crippen molar-refractivity contribution in [2.24, 2.45) is 0 Å². The van der Waals surface area contributed by atoms with Gasteiger partial charge in [-0.1, -0.05) is 60.7 Å². The quantitative estimate of drug-likeness (QED) is 0.491. The Balaban J connectivity index is 1.76. The van der Waals surface area contributed by atoms with Gasteiger partial charge < -0.3 is 9.84 Å². The monoisotopic (exact) mass is 429 g/mol. The number of halogens is 3. The van der Waals surface area contributed by atoms with Gasteiger partial charge in [-0.25, -0.2) is 0 Å². The summed E-state index contributed by atoms with van der Waals surface area (Å²) in [4.78, 5) is 1.83. The van der Waals surface area contributed by atoms with Crippen LogP contribution in [0.2, 0.25) is 0 Å². The van der Waals surface area contributed by atoms with Crippen LogP contribution in [0.3, 0.4) is 0 Å². The first-order valence-corrected chi connectivity index (χ1v) is 10.1. The largest absolute Gasteiger partial charge is 0.491 e. The van der Waals surface area contributed by atoms with Crippen LogP contribution in [0, 0.1) is 6.92 Å². The third-order valence-electron chi connectivity index (χ3n) is 5.03. The molecule has 3 aromatic carbocycles. The first-order valence-electron chi connectivity index (χ1n) is 10.1. The Labute approximate surface area is 180 Å². The van der Waals surface area contributed by atoms with E-state index in [1.54, 1.807) is 18.2 Å². The standard InChI is InChI=1S/C25H26F3NO2/c1-19-9-5-6-10-20(19)15-29(16-21-11-7-8-14-24(21)25(26,27)28)17-22(30)18-31-23-12-3-2-4-13-23/h2-14,22,30H,15-18H2,1H3. The van der Waals surface area contributed by atoms with Crippen molar-refractivity contribution >= 4 is 0 Å². The number of alkyl halides is 3. The Morgan fingerprint density at radius 2 is 1.42 bits per heavy atom. The van der Waals surface area contributed by atoms with Gasteiger partial charge in [-0.15, -0.1) is 0 Å². The van der Waals surface area contributed by atoms with Crippen molar-refractivity contribution in [3.05, 3.63) is 101 Å². The average Bonchev–Trinajstić information content (AvgIpc) is 2.74. The number of para-hydroxylation sites is 1. The summed E-state index contributed by atoms with van der Waals surface area (Å²) in [6.07, 6.45) is -5.29. The molecule has 0 aliphatic carbocycles. The third kappa shape index (κ3) is 6.84. The minimum Gasteiger partial charge on any atom is -0.491 e. The summed E-state index contributed by atoms with van der Waals surface area (Å²) in [5.41, 5.74) is 1.58. The average molecular weight is 429 g/mol. The van der Waals surface area contributed by atoms with Gasteiger partial charge in [0.15, 0.2) is 0 Å². The van der Waals surface area contributed by atoms with Crippen LogP contribution >= 0.6 is 0 Å². The fraction of sp³-hybridized carbons (Fsp3) is 0.280. The molecule has 0 heterocycles. The van der Waals surface area contributed by atoms with Crippen LogP contribution in [0.5, 0.6) is 5.75 Å². The number of benzene rings is 3. The zero-order chi connectivity index (χ0) is 22.3. The molecule has 0 fully saturated rings. The van der Waals surface area contributed by atoms with Gasteiger partial charge >= 0.3 is 6.18 Å². The predicted molar refractivity (Wildman–Crippen MR) is 115 cm³/mol. The highest BCUT2D eigenvalue weighted by molar-refractivity contribution is 5.30. The van der Waals surface area contributed by atoms with Gasteiger partial charge in [0.05, 0.1) is 5.56 Å². The second kappa shape index (κ2) is 10.5. The zero-order valence-corrected chi connectivity index (χ0v) is 17.3. The molecule has 1 unspecified atom stereocenters. The summed E-state index contributed by atoms with van der Waals surface area (Å²) in [6, 6.07) is 22.4. The van der Waals surface area contributed by atoms with Crippen molar-refractivity contribution in [3.63, 3.8) is 0 Å². The van der Waals surface area contributed by atoms with Crippen molar-refractivity contribution in [2.75, 3.05) is 13.2 Å². The molecule has 31 heavy (non-hydrogen) atoms. The van der Waals surface area contributed by atoms with Crippen molar-refractivity contribution in [1.29, 1.82) is 0 Å². The van der Waals surface area contributed by atoms with E-state index in [4.69, 9.17) is 4.74 Å². The van der Waals surface area contributed by atoms with E-state index < -0.39 is 17.8 Å². The zero-order valence-electron chi connectivity index (χ0n) is 17.3. The van der Waals surface area contributed by atoms with Gasteiger partial charge in [0.25, 0.3) is 0 Å². The lowest BCUT2D eigenvalue weighted by atomic mass is 10.0. The van der Waals surface area contributed by atoms with Gasteiger partial charge in [-0.3, -0.25) is 4.90 Å². The van der Waals surface area contributed by atoms with Gasteiger partial charge in [-0.2, -0.15) is 13.2 Å². The molecular weight excluding hydrogens is 403 g/mol. The maximum Gasteiger partial charge on any atom is 0.416 e. The molecule has 3 aromatic rings. The number of hydrogen-bond donors (Lipinski definition) is 1. The molecule has 0 aromatic heterocycles. The summed E-state index contributed by atoms with van der Waals surface area (Å²) < 4.78 is 46.0. The highest BCUT2D eigenvalue weighted by Crippen LogP contribution is 2.32. The fourth-order valence-electron chi connectivity index (χ4n) is 3.45. The van der Waals surface area contributed by atoms with Crippen LogP contribution in [-0.4, -0.2) is 29.3 Å². The molecule has 1 atom stereocenters. The Kier molecular flexibility index (Phi) is 7.71. The molecule has 0 radical (unpaired) electrons. The third-order valence-corrected chi connectivity index (χ3v) is 5.03. The van der Waals surface area contributed by atoms with E-state index in [1.165, 1.54) is 12.1 Å². The summed E-state index contributed by atoms with van der Waals surface area (Å²) in [7, 11) is 0. The SMILES string of the molecule is Cc1ccccc1CN(Cc1ccccc1C(F)(F)F)CC(O)COc1ccccc1. The van der Waals surface area contributed by atoms with E-state index in [2.05, 4.69) is 0 Å². The molecule has 0 saturated heterocycles. The minimum absolute atomic E-state index is 0.0508. The summed E-state index contributed by atoms with van der Waals surface area (Å²) in [5.74, 6) is 0.634. The Bertz CT molecular complexity index is 960. The molecule has 0 saturated carbocycles. The van der Waals surface area contributed by atoms with Crippen molar-refractivity contribution in [1.82, 2.24) is 4.90 Å². The molecular formula is C25H26F3NO2. The number of nitrogens with zero attached hydrogens (tertiary/aromatic N) is 1. The lowest BCUT2D eigenvalue weighted by Crippen LogP contribution is -2.35. The van der Waals surface area contributed by atoms with Crippen molar-refractivity contribution in [3.8, 4) is 5.75 Å². The smallest absolute Gasteiger partial charge is 0.416 e. The molecule has 0 aliphatic heterocycles. The fourth-order valence-corrected chi connectivity index (χ4v) is 3.45. The lowest BCUT2D eigenvalue weighted by molar-refractivity contribution is -0.138. The first-order chi connectivity index (χ1) is 14.8. The van der Waals surface area contributed by atoms with E-state index in [1.807, 2.05) is 54.3 Å². The van der Waals surface area contributed by atoms with Gasteiger partial charge in [0, 0.05) is 19.6 Å². The number of ether oxygens (including phenoxy) is 1. The van der Waals surface area contributed by atoms with E-state index in [-0.39, 0.29) is 25.3 Å². The number of aliphatic hydroxyl groups is 1. The minimum atomic E-state index is -4.43. The summed E-state index contributed by atoms with van der Waals surface area (Å²) >= 11 is 0. The van der Waals surface area contributed by atoms with Gasteiger partial charge in [-0.05, 0) is 41.8 Å². The van der Waals surface area contributed by atoms with E-state index in [0.29, 0.717) is 12.3 Å². The molecule has 0 bridgehead atoms. The highest BCUT2D eigenvalue weighted by Gasteiger charge is 2.33. The molecule has 0 aliphatic rings. The Morgan fingerprint density at radius 3 is 2.10 bits per heavy atom. The van der Waals surface area contributed by atoms with E-state index in [9.17, 15) is 18.3 Å². The molecule has 1 N–H and O–H groups in total. The van der Waals surface area contributed by atoms with Gasteiger partial charge in [0.2, 0.25) is 0 Å². The number of rotatable bonds is 9. The predicted octanol–water partition coefficient (Wildman–Crippen LogP) is 5.46. The molecule has 164 valence electrons. The second-order valence-electron chi connectivity index (χ2n) is 7.53. The molecule has 6 heteroatoms. The van der Waals surface area contributed by atoms with Crippen LogP contribution in [0.15, 0.2) is 78.9 Å². The number of hydrogen-bond acceptors (Lipinski definition) is 3. The summed E-state index contributed by atoms with van der Waals surface area (Å²) in [6.45, 7) is 2.67. The Morgan fingerprint density at radius 1 is 0.839 bits per heavy atom.